The highest BCUT2D eigenvalue weighted by Crippen LogP contribution is 2.29. The van der Waals surface area contributed by atoms with E-state index in [0.717, 1.165) is 6.42 Å². The minimum Gasteiger partial charge on any atom is -0.490 e. The highest BCUT2D eigenvalue weighted by Gasteiger charge is 2.28. The first kappa shape index (κ1) is 17.9. The maximum atomic E-state index is 12.3. The highest BCUT2D eigenvalue weighted by atomic mass is 16.6. The molecular weight excluding hydrogens is 284 g/mol. The molecule has 22 heavy (non-hydrogen) atoms. The van der Waals surface area contributed by atoms with E-state index in [1.807, 2.05) is 13.8 Å². The van der Waals surface area contributed by atoms with Crippen LogP contribution in [0.25, 0.3) is 0 Å². The minimum atomic E-state index is -0.560. The lowest BCUT2D eigenvalue weighted by atomic mass is 9.81. The Kier molecular flexibility index (Phi) is 5.17. The van der Waals surface area contributed by atoms with Gasteiger partial charge in [0.1, 0.15) is 0 Å². The Morgan fingerprint density at radius 1 is 1.27 bits per heavy atom. The second-order valence-corrected chi connectivity index (χ2v) is 7.22. The molecule has 0 bridgehead atoms. The molecule has 0 aliphatic rings. The Bertz CT molecular complexity index is 574. The van der Waals surface area contributed by atoms with Gasteiger partial charge in [-0.3, -0.25) is 14.9 Å². The van der Waals surface area contributed by atoms with Crippen molar-refractivity contribution in [2.45, 2.75) is 46.6 Å². The number of carbonyl (C=O) groups is 1. The summed E-state index contributed by atoms with van der Waals surface area (Å²) in [7, 11) is 1.36. The molecule has 0 aromatic heterocycles. The molecule has 0 spiro atoms. The molecule has 0 unspecified atom stereocenters. The second-order valence-electron chi connectivity index (χ2n) is 7.22. The minimum absolute atomic E-state index is 0.0582. The number of hydrogen-bond donors (Lipinski definition) is 1. The van der Waals surface area contributed by atoms with E-state index in [9.17, 15) is 14.9 Å². The molecule has 0 saturated carbocycles. The molecule has 0 radical (unpaired) electrons. The molecule has 0 heterocycles. The molecule has 0 aliphatic heterocycles. The SMILES string of the molecule is COc1ccc(C(=O)NC(C)(C)CC(C)(C)C)cc1[N+](=O)[O-]. The van der Waals surface area contributed by atoms with Gasteiger partial charge in [0, 0.05) is 17.2 Å². The second kappa shape index (κ2) is 6.34. The van der Waals surface area contributed by atoms with E-state index in [1.54, 1.807) is 0 Å². The third-order valence-electron chi connectivity index (χ3n) is 3.06. The number of methoxy groups -OCH3 is 1. The molecule has 1 amide bonds. The van der Waals surface area contributed by atoms with Gasteiger partial charge >= 0.3 is 5.69 Å². The first-order chi connectivity index (χ1) is 9.95. The van der Waals surface area contributed by atoms with Crippen LogP contribution in [-0.4, -0.2) is 23.5 Å². The van der Waals surface area contributed by atoms with Crippen LogP contribution in [-0.2, 0) is 0 Å². The number of amides is 1. The highest BCUT2D eigenvalue weighted by molar-refractivity contribution is 5.95. The van der Waals surface area contributed by atoms with E-state index in [4.69, 9.17) is 4.74 Å². The number of nitro groups is 1. The van der Waals surface area contributed by atoms with E-state index in [2.05, 4.69) is 26.1 Å². The lowest BCUT2D eigenvalue weighted by molar-refractivity contribution is -0.385. The van der Waals surface area contributed by atoms with E-state index in [0.29, 0.717) is 0 Å². The Morgan fingerprint density at radius 3 is 2.32 bits per heavy atom. The fourth-order valence-electron chi connectivity index (χ4n) is 2.72. The van der Waals surface area contributed by atoms with Crippen molar-refractivity contribution in [2.75, 3.05) is 7.11 Å². The fraction of sp³-hybridized carbons (Fsp3) is 0.562. The Morgan fingerprint density at radius 2 is 1.86 bits per heavy atom. The smallest absolute Gasteiger partial charge is 0.311 e. The molecule has 0 saturated heterocycles. The van der Waals surface area contributed by atoms with Crippen LogP contribution in [0.2, 0.25) is 0 Å². The molecule has 6 nitrogen and oxygen atoms in total. The van der Waals surface area contributed by atoms with Gasteiger partial charge in [0.25, 0.3) is 5.91 Å². The van der Waals surface area contributed by atoms with E-state index in [-0.39, 0.29) is 28.3 Å². The van der Waals surface area contributed by atoms with Gasteiger partial charge in [0.2, 0.25) is 0 Å². The summed E-state index contributed by atoms with van der Waals surface area (Å²) < 4.78 is 4.93. The van der Waals surface area contributed by atoms with Crippen LogP contribution in [0.5, 0.6) is 5.75 Å². The van der Waals surface area contributed by atoms with Crippen LogP contribution < -0.4 is 10.1 Å². The number of nitrogens with one attached hydrogen (secondary N) is 1. The van der Waals surface area contributed by atoms with Crippen LogP contribution >= 0.6 is 0 Å². The fourth-order valence-corrected chi connectivity index (χ4v) is 2.72. The van der Waals surface area contributed by atoms with Crippen molar-refractivity contribution in [3.8, 4) is 5.75 Å². The topological polar surface area (TPSA) is 81.5 Å². The molecule has 1 aromatic rings. The number of carbonyl (C=O) groups excluding carboxylic acids is 1. The summed E-state index contributed by atoms with van der Waals surface area (Å²) >= 11 is 0. The Balaban J connectivity index is 2.99. The maximum absolute atomic E-state index is 12.3. The van der Waals surface area contributed by atoms with Crippen LogP contribution in [0, 0.1) is 15.5 Å². The predicted octanol–water partition coefficient (Wildman–Crippen LogP) is 3.55. The first-order valence-corrected chi connectivity index (χ1v) is 7.10. The summed E-state index contributed by atoms with van der Waals surface area (Å²) in [5, 5.41) is 14.0. The van der Waals surface area contributed by atoms with Crippen molar-refractivity contribution >= 4 is 11.6 Å². The lowest BCUT2D eigenvalue weighted by Gasteiger charge is -2.33. The van der Waals surface area contributed by atoms with Gasteiger partial charge in [-0.25, -0.2) is 0 Å². The molecule has 0 atom stereocenters. The molecule has 1 aromatic carbocycles. The maximum Gasteiger partial charge on any atom is 0.311 e. The number of hydrogen-bond acceptors (Lipinski definition) is 4. The van der Waals surface area contributed by atoms with Gasteiger partial charge in [-0.1, -0.05) is 20.8 Å². The number of nitrogens with zero attached hydrogens (tertiary/aromatic N) is 1. The molecule has 1 rings (SSSR count). The summed E-state index contributed by atoms with van der Waals surface area (Å²) in [4.78, 5) is 22.8. The van der Waals surface area contributed by atoms with Crippen LogP contribution in [0.3, 0.4) is 0 Å². The first-order valence-electron chi connectivity index (χ1n) is 7.10. The van der Waals surface area contributed by atoms with Crippen molar-refractivity contribution < 1.29 is 14.5 Å². The predicted molar refractivity (Wildman–Crippen MR) is 85.3 cm³/mol. The molecular formula is C16H24N2O4. The van der Waals surface area contributed by atoms with Crippen molar-refractivity contribution in [1.29, 1.82) is 0 Å². The van der Waals surface area contributed by atoms with Crippen LogP contribution in [0.15, 0.2) is 18.2 Å². The zero-order valence-electron chi connectivity index (χ0n) is 14.0. The summed E-state index contributed by atoms with van der Waals surface area (Å²) in [6, 6.07) is 4.19. The molecule has 1 N–H and O–H groups in total. The zero-order valence-corrected chi connectivity index (χ0v) is 14.0. The summed E-state index contributed by atoms with van der Waals surface area (Å²) in [5.74, 6) is -0.199. The van der Waals surface area contributed by atoms with Crippen molar-refractivity contribution in [3.63, 3.8) is 0 Å². The van der Waals surface area contributed by atoms with E-state index >= 15 is 0 Å². The average Bonchev–Trinajstić information content (AvgIpc) is 2.34. The summed E-state index contributed by atoms with van der Waals surface area (Å²) in [5.41, 5.74) is -0.328. The summed E-state index contributed by atoms with van der Waals surface area (Å²) in [6.45, 7) is 10.2. The molecule has 0 fully saturated rings. The molecule has 6 heteroatoms. The number of benzene rings is 1. The van der Waals surface area contributed by atoms with Crippen molar-refractivity contribution in [3.05, 3.63) is 33.9 Å². The number of rotatable bonds is 5. The Hall–Kier alpha value is -2.11. The quantitative estimate of drug-likeness (QED) is 0.666. The average molecular weight is 308 g/mol. The summed E-state index contributed by atoms with van der Waals surface area (Å²) in [6.07, 6.45) is 0.782. The van der Waals surface area contributed by atoms with Gasteiger partial charge in [0.15, 0.2) is 5.75 Å². The van der Waals surface area contributed by atoms with Crippen LogP contribution in [0.4, 0.5) is 5.69 Å². The van der Waals surface area contributed by atoms with Crippen LogP contribution in [0.1, 0.15) is 51.4 Å². The zero-order chi connectivity index (χ0) is 17.1. The van der Waals surface area contributed by atoms with Crippen molar-refractivity contribution in [2.24, 2.45) is 5.41 Å². The lowest BCUT2D eigenvalue weighted by Crippen LogP contribution is -2.45. The van der Waals surface area contributed by atoms with Gasteiger partial charge in [-0.15, -0.1) is 0 Å². The number of nitro benzene ring substituents is 1. The van der Waals surface area contributed by atoms with Crippen molar-refractivity contribution in [1.82, 2.24) is 5.32 Å². The molecule has 0 aliphatic carbocycles. The van der Waals surface area contributed by atoms with E-state index < -0.39 is 10.5 Å². The normalized spacial score (nSPS) is 11.9. The van der Waals surface area contributed by atoms with Gasteiger partial charge in [-0.2, -0.15) is 0 Å². The van der Waals surface area contributed by atoms with Gasteiger partial charge < -0.3 is 10.1 Å². The largest absolute Gasteiger partial charge is 0.490 e. The third kappa shape index (κ3) is 5.02. The Labute approximate surface area is 131 Å². The molecule has 122 valence electrons. The monoisotopic (exact) mass is 308 g/mol. The third-order valence-corrected chi connectivity index (χ3v) is 3.06. The van der Waals surface area contributed by atoms with Gasteiger partial charge in [0.05, 0.1) is 12.0 Å². The number of ether oxygens (including phenoxy) is 1. The van der Waals surface area contributed by atoms with Gasteiger partial charge in [-0.05, 0) is 37.8 Å². The standard InChI is InChI=1S/C16H24N2O4/c1-15(2,3)10-16(4,5)17-14(19)11-7-8-13(22-6)12(9-11)18(20)21/h7-9H,10H2,1-6H3,(H,17,19). The van der Waals surface area contributed by atoms with E-state index in [1.165, 1.54) is 25.3 Å².